The molecule has 1 aliphatic rings. The highest BCUT2D eigenvalue weighted by molar-refractivity contribution is 7.12. The Morgan fingerprint density at radius 3 is 2.52 bits per heavy atom. The van der Waals surface area contributed by atoms with Gasteiger partial charge in [-0.2, -0.15) is 0 Å². The molecule has 0 aliphatic carbocycles. The minimum atomic E-state index is -0.782. The fourth-order valence-corrected chi connectivity index (χ4v) is 4.06. The summed E-state index contributed by atoms with van der Waals surface area (Å²) in [5, 5.41) is 23.3. The Balaban J connectivity index is 2.00. The zero-order valence-corrected chi connectivity index (χ0v) is 16.9. The van der Waals surface area contributed by atoms with E-state index in [9.17, 15) is 24.8 Å². The van der Waals surface area contributed by atoms with Crippen LogP contribution in [0.15, 0.2) is 53.1 Å². The third kappa shape index (κ3) is 4.20. The Labute approximate surface area is 171 Å². The molecule has 0 radical (unpaired) electrons. The summed E-state index contributed by atoms with van der Waals surface area (Å²) in [5.41, 5.74) is 0.480. The van der Waals surface area contributed by atoms with Gasteiger partial charge in [-0.15, -0.1) is 11.3 Å². The number of nitro benzene ring substituents is 1. The van der Waals surface area contributed by atoms with Crippen LogP contribution >= 0.6 is 11.3 Å². The van der Waals surface area contributed by atoms with E-state index in [0.29, 0.717) is 23.4 Å². The highest BCUT2D eigenvalue weighted by Gasteiger charge is 2.43. The number of carbonyl (C=O) groups is 2. The molecular formula is C20H22N3O5S+. The van der Waals surface area contributed by atoms with Gasteiger partial charge >= 0.3 is 0 Å². The summed E-state index contributed by atoms with van der Waals surface area (Å²) in [7, 11) is 4.00. The predicted molar refractivity (Wildman–Crippen MR) is 108 cm³/mol. The maximum atomic E-state index is 13.1. The second kappa shape index (κ2) is 8.54. The number of hydrogen-bond donors (Lipinski definition) is 2. The summed E-state index contributed by atoms with van der Waals surface area (Å²) in [6.45, 7) is 1.17. The molecule has 2 aromatic rings. The number of benzene rings is 1. The van der Waals surface area contributed by atoms with Crippen molar-refractivity contribution in [3.05, 3.63) is 73.7 Å². The number of aliphatic hydroxyl groups excluding tert-OH is 1. The van der Waals surface area contributed by atoms with Gasteiger partial charge in [-0.05, 0) is 29.1 Å². The number of Topliss-reactive ketones (excluding diaryl/α,β-unsaturated/α-hetero) is 1. The van der Waals surface area contributed by atoms with Gasteiger partial charge in [0.1, 0.15) is 0 Å². The van der Waals surface area contributed by atoms with E-state index >= 15 is 0 Å². The Hall–Kier alpha value is -3.04. The quantitative estimate of drug-likeness (QED) is 0.388. The summed E-state index contributed by atoms with van der Waals surface area (Å²) in [5.74, 6) is -1.55. The van der Waals surface area contributed by atoms with Crippen LogP contribution < -0.4 is 4.90 Å². The lowest BCUT2D eigenvalue weighted by atomic mass is 9.95. The number of amides is 1. The number of hydrogen-bond acceptors (Lipinski definition) is 6. The van der Waals surface area contributed by atoms with Crippen molar-refractivity contribution in [3.8, 4) is 0 Å². The molecule has 8 nitrogen and oxygen atoms in total. The Kier molecular flexibility index (Phi) is 6.09. The van der Waals surface area contributed by atoms with Crippen molar-refractivity contribution < 1.29 is 24.5 Å². The molecule has 2 heterocycles. The van der Waals surface area contributed by atoms with Crippen molar-refractivity contribution in [2.75, 3.05) is 27.2 Å². The SMILES string of the molecule is C[NH+](C)CCCN1C(=O)C(O)=C(C(=O)c2cccs2)[C@@H]1c1ccc([N+](=O)[O-])cc1. The molecule has 1 aromatic carbocycles. The number of carbonyl (C=O) groups excluding carboxylic acids is 2. The van der Waals surface area contributed by atoms with Crippen molar-refractivity contribution in [1.82, 2.24) is 4.90 Å². The monoisotopic (exact) mass is 416 g/mol. The van der Waals surface area contributed by atoms with E-state index < -0.39 is 28.4 Å². The first-order valence-electron chi connectivity index (χ1n) is 9.17. The Morgan fingerprint density at radius 2 is 1.97 bits per heavy atom. The van der Waals surface area contributed by atoms with Crippen LogP contribution in [0.2, 0.25) is 0 Å². The van der Waals surface area contributed by atoms with E-state index in [1.807, 2.05) is 14.1 Å². The molecule has 0 spiro atoms. The Morgan fingerprint density at radius 1 is 1.28 bits per heavy atom. The largest absolute Gasteiger partial charge is 0.503 e. The first-order chi connectivity index (χ1) is 13.8. The first kappa shape index (κ1) is 20.7. The van der Waals surface area contributed by atoms with Crippen molar-refractivity contribution in [2.24, 2.45) is 0 Å². The van der Waals surface area contributed by atoms with Gasteiger partial charge in [-0.3, -0.25) is 19.7 Å². The first-order valence-corrected chi connectivity index (χ1v) is 10.0. The number of nitrogens with one attached hydrogen (secondary N) is 1. The fraction of sp³-hybridized carbons (Fsp3) is 0.300. The minimum Gasteiger partial charge on any atom is -0.503 e. The maximum Gasteiger partial charge on any atom is 0.290 e. The second-order valence-electron chi connectivity index (χ2n) is 7.13. The van der Waals surface area contributed by atoms with Crippen LogP contribution in [0.25, 0.3) is 0 Å². The fourth-order valence-electron chi connectivity index (χ4n) is 3.38. The second-order valence-corrected chi connectivity index (χ2v) is 8.08. The van der Waals surface area contributed by atoms with Gasteiger partial charge in [-0.25, -0.2) is 0 Å². The minimum absolute atomic E-state index is 0.0171. The molecule has 1 aromatic heterocycles. The average Bonchev–Trinajstić information content (AvgIpc) is 3.30. The zero-order chi connectivity index (χ0) is 21.1. The summed E-state index contributed by atoms with van der Waals surface area (Å²) < 4.78 is 0. The molecule has 2 N–H and O–H groups in total. The van der Waals surface area contributed by atoms with Gasteiger partial charge in [0.25, 0.3) is 11.6 Å². The van der Waals surface area contributed by atoms with Crippen molar-refractivity contribution in [2.45, 2.75) is 12.5 Å². The van der Waals surface area contributed by atoms with Crippen LogP contribution in [-0.4, -0.2) is 53.8 Å². The normalized spacial score (nSPS) is 16.7. The van der Waals surface area contributed by atoms with E-state index in [1.54, 1.807) is 17.5 Å². The molecular weight excluding hydrogens is 394 g/mol. The van der Waals surface area contributed by atoms with Crippen LogP contribution in [-0.2, 0) is 4.79 Å². The highest BCUT2D eigenvalue weighted by atomic mass is 32.1. The number of aliphatic hydroxyl groups is 1. The number of nitrogens with zero attached hydrogens (tertiary/aromatic N) is 2. The summed E-state index contributed by atoms with van der Waals surface area (Å²) in [6.07, 6.45) is 0.686. The number of ketones is 1. The van der Waals surface area contributed by atoms with Gasteiger partial charge in [0.2, 0.25) is 5.78 Å². The number of rotatable bonds is 8. The number of quaternary nitrogens is 1. The summed E-state index contributed by atoms with van der Waals surface area (Å²) in [6, 6.07) is 8.32. The van der Waals surface area contributed by atoms with Crippen molar-refractivity contribution in [3.63, 3.8) is 0 Å². The molecule has 1 amide bonds. The molecule has 0 saturated heterocycles. The third-order valence-electron chi connectivity index (χ3n) is 4.79. The van der Waals surface area contributed by atoms with Crippen LogP contribution in [0.3, 0.4) is 0 Å². The molecule has 1 atom stereocenters. The van der Waals surface area contributed by atoms with Crippen LogP contribution in [0.5, 0.6) is 0 Å². The zero-order valence-electron chi connectivity index (χ0n) is 16.1. The van der Waals surface area contributed by atoms with Crippen molar-refractivity contribution >= 4 is 28.7 Å². The maximum absolute atomic E-state index is 13.1. The molecule has 3 rings (SSSR count). The van der Waals surface area contributed by atoms with Crippen molar-refractivity contribution in [1.29, 1.82) is 0 Å². The Bertz CT molecular complexity index is 951. The lowest BCUT2D eigenvalue weighted by Gasteiger charge is -2.26. The van der Waals surface area contributed by atoms with Crippen LogP contribution in [0.1, 0.15) is 27.7 Å². The van der Waals surface area contributed by atoms with Crippen LogP contribution in [0, 0.1) is 10.1 Å². The predicted octanol–water partition coefficient (Wildman–Crippen LogP) is 1.77. The van der Waals surface area contributed by atoms with E-state index in [-0.39, 0.29) is 11.3 Å². The van der Waals surface area contributed by atoms with E-state index in [1.165, 1.54) is 45.4 Å². The lowest BCUT2D eigenvalue weighted by molar-refractivity contribution is -0.858. The molecule has 0 saturated carbocycles. The standard InChI is InChI=1S/C20H21N3O5S/c1-21(2)10-4-11-22-17(13-6-8-14(9-7-13)23(27)28)16(19(25)20(22)26)18(24)15-5-3-12-29-15/h3,5-9,12,17,25H,4,10-11H2,1-2H3/p+1/t17-/m0/s1. The van der Waals surface area contributed by atoms with Gasteiger partial charge in [-0.1, -0.05) is 6.07 Å². The van der Waals surface area contributed by atoms with E-state index in [4.69, 9.17) is 0 Å². The molecule has 0 unspecified atom stereocenters. The van der Waals surface area contributed by atoms with Gasteiger partial charge in [0.15, 0.2) is 5.76 Å². The van der Waals surface area contributed by atoms with Gasteiger partial charge in [0.05, 0.1) is 42.1 Å². The molecule has 9 heteroatoms. The molecule has 1 aliphatic heterocycles. The lowest BCUT2D eigenvalue weighted by Crippen LogP contribution is -3.05. The van der Waals surface area contributed by atoms with E-state index in [0.717, 1.165) is 6.54 Å². The molecule has 29 heavy (non-hydrogen) atoms. The third-order valence-corrected chi connectivity index (χ3v) is 5.66. The topological polar surface area (TPSA) is 105 Å². The summed E-state index contributed by atoms with van der Waals surface area (Å²) in [4.78, 5) is 39.4. The summed E-state index contributed by atoms with van der Waals surface area (Å²) >= 11 is 1.23. The number of nitro groups is 1. The number of non-ortho nitro benzene ring substituents is 1. The molecule has 0 fully saturated rings. The molecule has 0 bridgehead atoms. The molecule has 152 valence electrons. The highest BCUT2D eigenvalue weighted by Crippen LogP contribution is 2.39. The average molecular weight is 416 g/mol. The van der Waals surface area contributed by atoms with Gasteiger partial charge < -0.3 is 14.9 Å². The van der Waals surface area contributed by atoms with Gasteiger partial charge in [0, 0.05) is 25.1 Å². The smallest absolute Gasteiger partial charge is 0.290 e. The van der Waals surface area contributed by atoms with Crippen LogP contribution in [0.4, 0.5) is 5.69 Å². The van der Waals surface area contributed by atoms with E-state index in [2.05, 4.69) is 0 Å². The number of thiophene rings is 1.